The molecule has 216 valence electrons. The number of aliphatic carboxylic acids is 1. The van der Waals surface area contributed by atoms with Crippen LogP contribution in [0, 0.1) is 11.8 Å². The highest BCUT2D eigenvalue weighted by atomic mass is 16.4. The van der Waals surface area contributed by atoms with E-state index < -0.39 is 17.3 Å². The molecule has 0 amide bonds. The van der Waals surface area contributed by atoms with Crippen molar-refractivity contribution < 1.29 is 20.1 Å². The summed E-state index contributed by atoms with van der Waals surface area (Å²) in [6.07, 6.45) is 25.2. The summed E-state index contributed by atoms with van der Waals surface area (Å²) in [4.78, 5) is 12.3. The maximum atomic E-state index is 10.7. The van der Waals surface area contributed by atoms with Gasteiger partial charge in [-0.2, -0.15) is 0 Å². The summed E-state index contributed by atoms with van der Waals surface area (Å²) in [6, 6.07) is 0. The largest absolute Gasteiger partial charge is 0.481 e. The topological polar surface area (TPSA) is 81.0 Å². The molecule has 0 heterocycles. The van der Waals surface area contributed by atoms with E-state index >= 15 is 0 Å². The molecule has 2 atom stereocenters. The molecule has 0 aromatic carbocycles. The Labute approximate surface area is 224 Å². The lowest BCUT2D eigenvalue weighted by Crippen LogP contribution is -2.62. The van der Waals surface area contributed by atoms with Crippen LogP contribution < -0.4 is 0 Å². The van der Waals surface area contributed by atoms with Gasteiger partial charge in [-0.05, 0) is 66.0 Å². The Hall–Kier alpha value is -0.910. The minimum absolute atomic E-state index is 0.0208. The molecule has 0 saturated carbocycles. The highest BCUT2D eigenvalue weighted by Crippen LogP contribution is 2.31. The quantitative estimate of drug-likeness (QED) is 0.0819. The Kier molecular flexibility index (Phi) is 22.9. The van der Waals surface area contributed by atoms with E-state index in [0.29, 0.717) is 0 Å². The lowest BCUT2D eigenvalue weighted by Gasteiger charge is -2.46. The second-order valence-electron chi connectivity index (χ2n) is 11.7. The number of carboxylic acid groups (broad SMARTS) is 1. The molecule has 0 spiro atoms. The number of likely N-dealkylation sites (N-methyl/N-ethyl adjacent to an activating group) is 1. The van der Waals surface area contributed by atoms with Gasteiger partial charge in [-0.15, -0.1) is 0 Å². The van der Waals surface area contributed by atoms with Crippen molar-refractivity contribution in [1.29, 1.82) is 0 Å². The molecule has 3 N–H and O–H groups in total. The number of aliphatic hydroxyl groups is 2. The maximum absolute atomic E-state index is 10.7. The van der Waals surface area contributed by atoms with Crippen molar-refractivity contribution in [3.8, 4) is 0 Å². The highest BCUT2D eigenvalue weighted by molar-refractivity contribution is 5.69. The summed E-state index contributed by atoms with van der Waals surface area (Å²) in [7, 11) is 3.52. The smallest absolute Gasteiger partial charge is 0.306 e. The fourth-order valence-corrected chi connectivity index (χ4v) is 4.77. The second-order valence-corrected chi connectivity index (χ2v) is 11.7. The first-order valence-electron chi connectivity index (χ1n) is 14.8. The summed E-state index contributed by atoms with van der Waals surface area (Å²) >= 11 is 0. The van der Waals surface area contributed by atoms with Gasteiger partial charge in [0.25, 0.3) is 0 Å². The third-order valence-corrected chi connectivity index (χ3v) is 7.21. The predicted molar refractivity (Wildman–Crippen MR) is 155 cm³/mol. The van der Waals surface area contributed by atoms with Gasteiger partial charge < -0.3 is 15.3 Å². The molecule has 36 heavy (non-hydrogen) atoms. The molecule has 0 fully saturated rings. The first-order valence-corrected chi connectivity index (χ1v) is 14.8. The van der Waals surface area contributed by atoms with E-state index in [4.69, 9.17) is 5.11 Å². The Morgan fingerprint density at radius 2 is 1.14 bits per heavy atom. The van der Waals surface area contributed by atoms with Crippen LogP contribution in [0.15, 0.2) is 12.2 Å². The maximum Gasteiger partial charge on any atom is 0.306 e. The molecule has 0 saturated heterocycles. The van der Waals surface area contributed by atoms with E-state index in [-0.39, 0.29) is 11.8 Å². The molecular weight excluding hydrogens is 450 g/mol. The van der Waals surface area contributed by atoms with E-state index in [1.165, 1.54) is 89.9 Å². The van der Waals surface area contributed by atoms with Crippen LogP contribution in [-0.2, 0) is 4.79 Å². The van der Waals surface area contributed by atoms with Crippen molar-refractivity contribution in [2.75, 3.05) is 14.1 Å². The Morgan fingerprint density at radius 1 is 0.750 bits per heavy atom. The van der Waals surface area contributed by atoms with E-state index in [0.717, 1.165) is 12.8 Å². The number of nitrogens with zero attached hydrogens (tertiary/aromatic N) is 1. The third kappa shape index (κ3) is 18.4. The molecule has 2 unspecified atom stereocenters. The summed E-state index contributed by atoms with van der Waals surface area (Å²) in [5.41, 5.74) is -2.29. The molecule has 0 aromatic heterocycles. The van der Waals surface area contributed by atoms with Crippen LogP contribution in [0.4, 0.5) is 0 Å². The van der Waals surface area contributed by atoms with Gasteiger partial charge in [0, 0.05) is 0 Å². The molecule has 0 aliphatic carbocycles. The van der Waals surface area contributed by atoms with Gasteiger partial charge in [-0.3, -0.25) is 9.69 Å². The third-order valence-electron chi connectivity index (χ3n) is 7.21. The number of rotatable bonds is 21. The van der Waals surface area contributed by atoms with Crippen LogP contribution in [0.2, 0.25) is 0 Å². The minimum Gasteiger partial charge on any atom is -0.481 e. The van der Waals surface area contributed by atoms with Gasteiger partial charge in [0.2, 0.25) is 0 Å². The first-order chi connectivity index (χ1) is 16.8. The van der Waals surface area contributed by atoms with E-state index in [1.807, 2.05) is 13.8 Å². The van der Waals surface area contributed by atoms with E-state index in [9.17, 15) is 15.0 Å². The molecule has 0 bridgehead atoms. The zero-order chi connectivity index (χ0) is 28.0. The number of allylic oxidation sites excluding steroid dienone is 2. The predicted octanol–water partition coefficient (Wildman–Crippen LogP) is 8.19. The summed E-state index contributed by atoms with van der Waals surface area (Å²) in [5, 5.41) is 28.8. The lowest BCUT2D eigenvalue weighted by molar-refractivity contribution is -0.229. The molecule has 5 nitrogen and oxygen atoms in total. The highest BCUT2D eigenvalue weighted by Gasteiger charge is 2.46. The number of carboxylic acids is 1. The lowest BCUT2D eigenvalue weighted by atomic mass is 9.84. The number of hydrogen-bond acceptors (Lipinski definition) is 4. The van der Waals surface area contributed by atoms with Gasteiger partial charge in [-0.25, -0.2) is 0 Å². The normalized spacial score (nSPS) is 14.7. The molecule has 0 aliphatic rings. The van der Waals surface area contributed by atoms with Gasteiger partial charge >= 0.3 is 5.97 Å². The van der Waals surface area contributed by atoms with Crippen molar-refractivity contribution in [2.45, 2.75) is 156 Å². The Morgan fingerprint density at radius 3 is 1.44 bits per heavy atom. The number of unbranched alkanes of at least 4 members (excludes halogenated alkanes) is 13. The molecule has 5 heteroatoms. The van der Waals surface area contributed by atoms with E-state index in [1.54, 1.807) is 39.8 Å². The van der Waals surface area contributed by atoms with Gasteiger partial charge in [0.1, 0.15) is 11.3 Å². The van der Waals surface area contributed by atoms with Gasteiger partial charge in [0.15, 0.2) is 0 Å². The summed E-state index contributed by atoms with van der Waals surface area (Å²) < 4.78 is 0. The SMILES string of the molecule is CC(C)C(O)(N(C)C)C(C)(C)O.CCCCCCCCCC=CCCCCCCCCC(C)C(=O)O. The Balaban J connectivity index is 0. The first kappa shape index (κ1) is 37.2. The number of carbonyl (C=O) groups is 1. The molecule has 0 aliphatic heterocycles. The molecule has 0 rings (SSSR count). The van der Waals surface area contributed by atoms with Crippen molar-refractivity contribution in [2.24, 2.45) is 11.8 Å². The fourth-order valence-electron chi connectivity index (χ4n) is 4.77. The molecular formula is C31H63NO4. The van der Waals surface area contributed by atoms with Crippen LogP contribution in [-0.4, -0.2) is 51.6 Å². The Bertz CT molecular complexity index is 529. The fraction of sp³-hybridized carbons (Fsp3) is 0.903. The molecule has 0 radical (unpaired) electrons. The van der Waals surface area contributed by atoms with E-state index in [2.05, 4.69) is 19.1 Å². The molecule has 0 aromatic rings. The second kappa shape index (κ2) is 22.1. The van der Waals surface area contributed by atoms with Crippen LogP contribution in [0.25, 0.3) is 0 Å². The monoisotopic (exact) mass is 513 g/mol. The van der Waals surface area contributed by atoms with Crippen molar-refractivity contribution >= 4 is 5.97 Å². The zero-order valence-electron chi connectivity index (χ0n) is 25.3. The van der Waals surface area contributed by atoms with Crippen LogP contribution in [0.5, 0.6) is 0 Å². The average Bonchev–Trinajstić information content (AvgIpc) is 2.79. The van der Waals surface area contributed by atoms with Crippen molar-refractivity contribution in [3.05, 3.63) is 12.2 Å². The number of hydrogen-bond donors (Lipinski definition) is 3. The van der Waals surface area contributed by atoms with Crippen molar-refractivity contribution in [1.82, 2.24) is 4.90 Å². The zero-order valence-corrected chi connectivity index (χ0v) is 25.3. The average molecular weight is 514 g/mol. The van der Waals surface area contributed by atoms with Gasteiger partial charge in [0.05, 0.1) is 5.92 Å². The van der Waals surface area contributed by atoms with Crippen LogP contribution in [0.3, 0.4) is 0 Å². The van der Waals surface area contributed by atoms with Crippen LogP contribution in [0.1, 0.15) is 144 Å². The minimum atomic E-state index is -1.17. The van der Waals surface area contributed by atoms with Crippen molar-refractivity contribution in [3.63, 3.8) is 0 Å². The standard InChI is InChI=1S/C22H42O2.C9H21NO2/c1-3-4-5-6-7-8-9-10-11-12-13-14-15-16-17-18-19-20-21(2)22(23)24;1-7(2)9(12,10(5)6)8(3,4)11/h11-12,21H,3-10,13-20H2,1-2H3,(H,23,24);7,11-12H,1-6H3. The van der Waals surface area contributed by atoms with Gasteiger partial charge in [-0.1, -0.05) is 110 Å². The summed E-state index contributed by atoms with van der Waals surface area (Å²) in [5.74, 6) is -0.850. The van der Waals surface area contributed by atoms with Crippen LogP contribution >= 0.6 is 0 Å². The summed E-state index contributed by atoms with van der Waals surface area (Å²) in [6.45, 7) is 11.1.